The molecule has 0 aliphatic carbocycles. The number of rotatable bonds is 4. The zero-order valence-electron chi connectivity index (χ0n) is 18.9. The van der Waals surface area contributed by atoms with Crippen molar-refractivity contribution < 1.29 is 14.3 Å². The zero-order valence-corrected chi connectivity index (χ0v) is 19.7. The summed E-state index contributed by atoms with van der Waals surface area (Å²) in [5.74, 6) is 0.917. The fraction of sp³-hybridized carbons (Fsp3) is 0.417. The molecule has 3 saturated heterocycles. The van der Waals surface area contributed by atoms with Crippen LogP contribution in [0.3, 0.4) is 0 Å². The van der Waals surface area contributed by atoms with Crippen LogP contribution in [0.15, 0.2) is 48.5 Å². The normalized spacial score (nSPS) is 27.6. The molecule has 33 heavy (non-hydrogen) atoms. The van der Waals surface area contributed by atoms with Crippen molar-refractivity contribution in [2.75, 3.05) is 32.1 Å². The number of urea groups is 1. The van der Waals surface area contributed by atoms with Crippen molar-refractivity contribution in [3.8, 4) is 5.75 Å². The van der Waals surface area contributed by atoms with Gasteiger partial charge in [0.2, 0.25) is 0 Å². The molecule has 0 radical (unpaired) electrons. The fourth-order valence-electron chi connectivity index (χ4n) is 5.15. The molecule has 0 bridgehead atoms. The van der Waals surface area contributed by atoms with Crippen molar-refractivity contribution in [2.45, 2.75) is 32.0 Å². The first-order valence-corrected chi connectivity index (χ1v) is 11.5. The summed E-state index contributed by atoms with van der Waals surface area (Å²) >= 11 is 6.33. The Morgan fingerprint density at radius 2 is 1.91 bits per heavy atom. The second-order valence-electron chi connectivity index (χ2n) is 9.00. The molecule has 174 valence electrons. The molecule has 1 N–H and O–H groups in total. The van der Waals surface area contributed by atoms with E-state index in [0.717, 1.165) is 30.1 Å². The summed E-state index contributed by atoms with van der Waals surface area (Å²) in [6, 6.07) is 14.4. The topological polar surface area (TPSA) is 68.4 Å². The van der Waals surface area contributed by atoms with Gasteiger partial charge in [-0.05, 0) is 29.7 Å². The second kappa shape index (κ2) is 8.52. The Kier molecular flexibility index (Phi) is 5.68. The minimum absolute atomic E-state index is 0.151. The van der Waals surface area contributed by atoms with Crippen LogP contribution < -0.4 is 15.0 Å². The first-order chi connectivity index (χ1) is 15.9. The Morgan fingerprint density at radius 1 is 1.12 bits per heavy atom. The molecule has 0 spiro atoms. The standard InChI is InChI=1S/C24H28ClN5O3/c1-15-12-28(17-8-6-9-18(11-17)33-3)23-26-21-20(29(23)13-15)22(31)30(24(32)27(21)2)14-16-7-4-5-10-19(16)25/h4-11,15,20-21,23,26H,12-14H2,1-3H3. The number of likely N-dealkylation sites (N-methyl/N-ethyl adjacent to an activating group) is 1. The minimum atomic E-state index is -0.476. The molecule has 0 saturated carbocycles. The number of hydrogen-bond donors (Lipinski definition) is 1. The number of hydrogen-bond acceptors (Lipinski definition) is 6. The average molecular weight is 470 g/mol. The number of anilines is 1. The summed E-state index contributed by atoms with van der Waals surface area (Å²) in [5.41, 5.74) is 1.76. The summed E-state index contributed by atoms with van der Waals surface area (Å²) in [5, 5.41) is 4.09. The highest BCUT2D eigenvalue weighted by molar-refractivity contribution is 6.31. The SMILES string of the molecule is COc1cccc(N2CC(C)CN3C4C(=O)N(Cc5ccccc5Cl)C(=O)N(C)C4NC23)c1. The molecule has 5 rings (SSSR count). The molecule has 3 aliphatic heterocycles. The Bertz CT molecular complexity index is 1080. The van der Waals surface area contributed by atoms with Gasteiger partial charge in [0.05, 0.1) is 13.7 Å². The van der Waals surface area contributed by atoms with Gasteiger partial charge in [0.1, 0.15) is 24.2 Å². The number of halogens is 1. The maximum Gasteiger partial charge on any atom is 0.328 e. The molecule has 4 unspecified atom stereocenters. The van der Waals surface area contributed by atoms with E-state index in [-0.39, 0.29) is 24.8 Å². The van der Waals surface area contributed by atoms with Gasteiger partial charge in [-0.2, -0.15) is 0 Å². The van der Waals surface area contributed by atoms with E-state index < -0.39 is 12.2 Å². The molecule has 8 nitrogen and oxygen atoms in total. The van der Waals surface area contributed by atoms with Crippen LogP contribution in [0.1, 0.15) is 12.5 Å². The van der Waals surface area contributed by atoms with Gasteiger partial charge in [-0.1, -0.05) is 42.8 Å². The smallest absolute Gasteiger partial charge is 0.328 e. The third-order valence-corrected chi connectivity index (χ3v) is 7.13. The first kappa shape index (κ1) is 22.0. The number of fused-ring (bicyclic) bond motifs is 3. The third-order valence-electron chi connectivity index (χ3n) is 6.76. The molecule has 3 aliphatic rings. The molecule has 2 aromatic carbocycles. The van der Waals surface area contributed by atoms with Crippen LogP contribution in [0.25, 0.3) is 0 Å². The predicted molar refractivity (Wildman–Crippen MR) is 126 cm³/mol. The van der Waals surface area contributed by atoms with Gasteiger partial charge in [0, 0.05) is 36.9 Å². The molecule has 3 heterocycles. The number of methoxy groups -OCH3 is 1. The Labute approximate surface area is 198 Å². The number of benzene rings is 2. The van der Waals surface area contributed by atoms with Crippen LogP contribution in [0, 0.1) is 5.92 Å². The number of carbonyl (C=O) groups excluding carboxylic acids is 2. The lowest BCUT2D eigenvalue weighted by Crippen LogP contribution is -2.66. The van der Waals surface area contributed by atoms with Gasteiger partial charge in [0.15, 0.2) is 0 Å². The minimum Gasteiger partial charge on any atom is -0.497 e. The summed E-state index contributed by atoms with van der Waals surface area (Å²) in [6.45, 7) is 3.92. The number of carbonyl (C=O) groups is 2. The number of nitrogens with one attached hydrogen (secondary N) is 1. The first-order valence-electron chi connectivity index (χ1n) is 11.1. The maximum absolute atomic E-state index is 13.7. The van der Waals surface area contributed by atoms with E-state index in [4.69, 9.17) is 16.3 Å². The Balaban J connectivity index is 1.47. The van der Waals surface area contributed by atoms with E-state index >= 15 is 0 Å². The van der Waals surface area contributed by atoms with E-state index in [1.807, 2.05) is 42.5 Å². The Hall–Kier alpha value is -2.81. The summed E-state index contributed by atoms with van der Waals surface area (Å²) in [7, 11) is 3.40. The lowest BCUT2D eigenvalue weighted by molar-refractivity contribution is -0.139. The van der Waals surface area contributed by atoms with Crippen LogP contribution >= 0.6 is 11.6 Å². The van der Waals surface area contributed by atoms with Crippen molar-refractivity contribution in [1.29, 1.82) is 0 Å². The molecule has 0 aromatic heterocycles. The lowest BCUT2D eigenvalue weighted by atomic mass is 10.0. The molecule has 3 amide bonds. The molecule has 4 atom stereocenters. The fourth-order valence-corrected chi connectivity index (χ4v) is 5.35. The number of ether oxygens (including phenoxy) is 1. The summed E-state index contributed by atoms with van der Waals surface area (Å²) < 4.78 is 5.42. The van der Waals surface area contributed by atoms with Gasteiger partial charge >= 0.3 is 6.03 Å². The van der Waals surface area contributed by atoms with Crippen molar-refractivity contribution in [2.24, 2.45) is 5.92 Å². The highest BCUT2D eigenvalue weighted by Crippen LogP contribution is 2.36. The quantitative estimate of drug-likeness (QED) is 0.742. The predicted octanol–water partition coefficient (Wildman–Crippen LogP) is 2.78. The van der Waals surface area contributed by atoms with Crippen LogP contribution in [0.5, 0.6) is 5.75 Å². The van der Waals surface area contributed by atoms with E-state index in [2.05, 4.69) is 22.0 Å². The van der Waals surface area contributed by atoms with Crippen molar-refractivity contribution >= 4 is 29.2 Å². The van der Waals surface area contributed by atoms with Crippen molar-refractivity contribution in [3.63, 3.8) is 0 Å². The number of amides is 3. The van der Waals surface area contributed by atoms with Crippen LogP contribution in [0.2, 0.25) is 5.02 Å². The van der Waals surface area contributed by atoms with Gasteiger partial charge in [-0.3, -0.25) is 19.9 Å². The lowest BCUT2D eigenvalue weighted by Gasteiger charge is -2.46. The van der Waals surface area contributed by atoms with Gasteiger partial charge in [-0.15, -0.1) is 0 Å². The monoisotopic (exact) mass is 469 g/mol. The number of imide groups is 1. The van der Waals surface area contributed by atoms with Crippen LogP contribution in [-0.2, 0) is 11.3 Å². The van der Waals surface area contributed by atoms with E-state index in [1.54, 1.807) is 25.1 Å². The van der Waals surface area contributed by atoms with E-state index in [9.17, 15) is 9.59 Å². The zero-order chi connectivity index (χ0) is 23.3. The molecular weight excluding hydrogens is 442 g/mol. The van der Waals surface area contributed by atoms with Crippen molar-refractivity contribution in [3.05, 3.63) is 59.1 Å². The van der Waals surface area contributed by atoms with Gasteiger partial charge in [0.25, 0.3) is 5.91 Å². The van der Waals surface area contributed by atoms with Crippen molar-refractivity contribution in [1.82, 2.24) is 20.0 Å². The highest BCUT2D eigenvalue weighted by Gasteiger charge is 2.56. The van der Waals surface area contributed by atoms with Gasteiger partial charge < -0.3 is 14.5 Å². The van der Waals surface area contributed by atoms with E-state index in [1.165, 1.54) is 4.90 Å². The van der Waals surface area contributed by atoms with Crippen LogP contribution in [0.4, 0.5) is 10.5 Å². The summed E-state index contributed by atoms with van der Waals surface area (Å²) in [6.07, 6.45) is -0.612. The molecule has 3 fully saturated rings. The largest absolute Gasteiger partial charge is 0.497 e. The maximum atomic E-state index is 13.7. The highest BCUT2D eigenvalue weighted by atomic mass is 35.5. The van der Waals surface area contributed by atoms with Gasteiger partial charge in [-0.25, -0.2) is 4.79 Å². The van der Waals surface area contributed by atoms with E-state index in [0.29, 0.717) is 10.9 Å². The average Bonchev–Trinajstić information content (AvgIpc) is 3.20. The second-order valence-corrected chi connectivity index (χ2v) is 9.40. The van der Waals surface area contributed by atoms with Crippen LogP contribution in [-0.4, -0.2) is 72.4 Å². The Morgan fingerprint density at radius 3 is 2.67 bits per heavy atom. The summed E-state index contributed by atoms with van der Waals surface area (Å²) in [4.78, 5) is 34.3. The third kappa shape index (κ3) is 3.72. The molecule has 9 heteroatoms. The molecular formula is C24H28ClN5O3. The molecule has 2 aromatic rings. The number of nitrogens with zero attached hydrogens (tertiary/aromatic N) is 4.